The number of thioether (sulfide) groups is 1. The lowest BCUT2D eigenvalue weighted by molar-refractivity contribution is 0.664. The second-order valence-corrected chi connectivity index (χ2v) is 8.09. The Bertz CT molecular complexity index is 422. The summed E-state index contributed by atoms with van der Waals surface area (Å²) in [5, 5.41) is 6.66. The highest BCUT2D eigenvalue weighted by Crippen LogP contribution is 2.21. The number of hydrogen-bond acceptors (Lipinski definition) is 3. The molecule has 0 spiro atoms. The molecule has 0 aliphatic rings. The summed E-state index contributed by atoms with van der Waals surface area (Å²) >= 11 is 9.38. The highest BCUT2D eigenvalue weighted by molar-refractivity contribution is 14.0. The Morgan fingerprint density at radius 3 is 2.60 bits per heavy atom. The number of guanidine groups is 1. The molecule has 0 saturated heterocycles. The van der Waals surface area contributed by atoms with Gasteiger partial charge in [0, 0.05) is 29.8 Å². The van der Waals surface area contributed by atoms with Gasteiger partial charge in [-0.1, -0.05) is 11.6 Å². The number of nitrogens with zero attached hydrogens (tertiary/aromatic N) is 1. The number of nitrogens with one attached hydrogen (secondary N) is 2. The van der Waals surface area contributed by atoms with Crippen LogP contribution in [0.5, 0.6) is 0 Å². The van der Waals surface area contributed by atoms with Crippen molar-refractivity contribution in [2.45, 2.75) is 25.0 Å². The average molecular weight is 448 g/mol. The Morgan fingerprint density at radius 2 is 2.10 bits per heavy atom. The molecular formula is C13H23ClIN3S2. The second kappa shape index (κ2) is 10.1. The van der Waals surface area contributed by atoms with Crippen molar-refractivity contribution in [1.29, 1.82) is 0 Å². The van der Waals surface area contributed by atoms with Gasteiger partial charge in [-0.3, -0.25) is 4.99 Å². The van der Waals surface area contributed by atoms with Crippen molar-refractivity contribution in [2.24, 2.45) is 4.99 Å². The first kappa shape index (κ1) is 20.3. The van der Waals surface area contributed by atoms with E-state index in [1.807, 2.05) is 17.8 Å². The lowest BCUT2D eigenvalue weighted by atomic mass is 10.2. The molecule has 0 saturated carbocycles. The second-order valence-electron chi connectivity index (χ2n) is 4.77. The van der Waals surface area contributed by atoms with Crippen LogP contribution in [0, 0.1) is 0 Å². The van der Waals surface area contributed by atoms with Crippen LogP contribution in [0.1, 0.15) is 18.7 Å². The maximum absolute atomic E-state index is 5.90. The Balaban J connectivity index is 0.00000361. The molecule has 1 heterocycles. The van der Waals surface area contributed by atoms with Crippen LogP contribution in [0.15, 0.2) is 17.1 Å². The standard InChI is InChI=1S/C13H22ClN3S2.HI/c1-13(2,18-4)9-17-12(15-3)16-8-7-10-5-6-11(14)19-10;/h5-6H,7-9H2,1-4H3,(H2,15,16,17);1H. The van der Waals surface area contributed by atoms with Crippen LogP contribution < -0.4 is 10.6 Å². The predicted molar refractivity (Wildman–Crippen MR) is 105 cm³/mol. The molecule has 1 aromatic heterocycles. The summed E-state index contributed by atoms with van der Waals surface area (Å²) in [6, 6.07) is 4.01. The van der Waals surface area contributed by atoms with Crippen LogP contribution in [0.4, 0.5) is 0 Å². The molecule has 116 valence electrons. The van der Waals surface area contributed by atoms with Gasteiger partial charge in [-0.2, -0.15) is 11.8 Å². The molecule has 0 aromatic carbocycles. The quantitative estimate of drug-likeness (QED) is 0.395. The van der Waals surface area contributed by atoms with E-state index in [4.69, 9.17) is 11.6 Å². The number of hydrogen-bond donors (Lipinski definition) is 2. The van der Waals surface area contributed by atoms with E-state index in [-0.39, 0.29) is 28.7 Å². The van der Waals surface area contributed by atoms with Gasteiger partial charge in [0.25, 0.3) is 0 Å². The molecular weight excluding hydrogens is 425 g/mol. The first-order valence-corrected chi connectivity index (χ1v) is 8.62. The maximum Gasteiger partial charge on any atom is 0.191 e. The Morgan fingerprint density at radius 1 is 1.40 bits per heavy atom. The number of aliphatic imine (C=N–C) groups is 1. The Hall–Kier alpha value is 0.340. The first-order chi connectivity index (χ1) is 8.96. The first-order valence-electron chi connectivity index (χ1n) is 6.21. The third kappa shape index (κ3) is 7.95. The van der Waals surface area contributed by atoms with E-state index in [9.17, 15) is 0 Å². The minimum atomic E-state index is 0. The lowest BCUT2D eigenvalue weighted by Gasteiger charge is -2.23. The average Bonchev–Trinajstić information content (AvgIpc) is 2.79. The maximum atomic E-state index is 5.90. The van der Waals surface area contributed by atoms with Crippen LogP contribution in [-0.4, -0.2) is 37.1 Å². The molecule has 7 heteroatoms. The third-order valence-electron chi connectivity index (χ3n) is 2.75. The van der Waals surface area contributed by atoms with Gasteiger partial charge in [0.2, 0.25) is 0 Å². The smallest absolute Gasteiger partial charge is 0.191 e. The van der Waals surface area contributed by atoms with E-state index in [0.29, 0.717) is 0 Å². The molecule has 0 aliphatic heterocycles. The largest absolute Gasteiger partial charge is 0.356 e. The van der Waals surface area contributed by atoms with Gasteiger partial charge < -0.3 is 10.6 Å². The minimum absolute atomic E-state index is 0. The summed E-state index contributed by atoms with van der Waals surface area (Å²) in [4.78, 5) is 5.51. The summed E-state index contributed by atoms with van der Waals surface area (Å²) in [6.07, 6.45) is 3.09. The fourth-order valence-electron chi connectivity index (χ4n) is 1.38. The van der Waals surface area contributed by atoms with Crippen molar-refractivity contribution < 1.29 is 0 Å². The molecule has 0 radical (unpaired) electrons. The van der Waals surface area contributed by atoms with Crippen LogP contribution in [0.2, 0.25) is 4.34 Å². The molecule has 1 rings (SSSR count). The zero-order valence-corrected chi connectivity index (χ0v) is 17.0. The molecule has 1 aromatic rings. The molecule has 0 aliphatic carbocycles. The summed E-state index contributed by atoms with van der Waals surface area (Å²) in [6.45, 7) is 6.17. The topological polar surface area (TPSA) is 36.4 Å². The van der Waals surface area contributed by atoms with Crippen molar-refractivity contribution in [3.8, 4) is 0 Å². The highest BCUT2D eigenvalue weighted by Gasteiger charge is 2.15. The van der Waals surface area contributed by atoms with Gasteiger partial charge in [0.15, 0.2) is 5.96 Å². The number of rotatable bonds is 6. The monoisotopic (exact) mass is 447 g/mol. The molecule has 0 bridgehead atoms. The predicted octanol–water partition coefficient (Wildman–Crippen LogP) is 3.87. The zero-order valence-electron chi connectivity index (χ0n) is 12.3. The van der Waals surface area contributed by atoms with Gasteiger partial charge >= 0.3 is 0 Å². The third-order valence-corrected chi connectivity index (χ3v) is 5.29. The molecule has 2 N–H and O–H groups in total. The van der Waals surface area contributed by atoms with E-state index in [1.54, 1.807) is 18.4 Å². The molecule has 20 heavy (non-hydrogen) atoms. The summed E-state index contributed by atoms with van der Waals surface area (Å²) in [7, 11) is 1.80. The van der Waals surface area contributed by atoms with Gasteiger partial charge in [0.05, 0.1) is 4.34 Å². The highest BCUT2D eigenvalue weighted by atomic mass is 127. The van der Waals surface area contributed by atoms with E-state index >= 15 is 0 Å². The van der Waals surface area contributed by atoms with Crippen LogP contribution in [0.3, 0.4) is 0 Å². The van der Waals surface area contributed by atoms with Crippen molar-refractivity contribution in [3.05, 3.63) is 21.3 Å². The van der Waals surface area contributed by atoms with Gasteiger partial charge in [0.1, 0.15) is 0 Å². The normalized spacial score (nSPS) is 11.9. The van der Waals surface area contributed by atoms with E-state index in [1.165, 1.54) is 4.88 Å². The number of halogens is 2. The van der Waals surface area contributed by atoms with Crippen molar-refractivity contribution >= 4 is 64.6 Å². The van der Waals surface area contributed by atoms with Crippen molar-refractivity contribution in [1.82, 2.24) is 10.6 Å². The van der Waals surface area contributed by atoms with Crippen LogP contribution in [-0.2, 0) is 6.42 Å². The lowest BCUT2D eigenvalue weighted by Crippen LogP contribution is -2.43. The fourth-order valence-corrected chi connectivity index (χ4v) is 2.68. The molecule has 0 atom stereocenters. The summed E-state index contributed by atoms with van der Waals surface area (Å²) in [5.41, 5.74) is 0. The molecule has 0 fully saturated rings. The van der Waals surface area contributed by atoms with Crippen molar-refractivity contribution in [3.63, 3.8) is 0 Å². The molecule has 0 amide bonds. The van der Waals surface area contributed by atoms with Crippen molar-refractivity contribution in [2.75, 3.05) is 26.4 Å². The van der Waals surface area contributed by atoms with E-state index in [2.05, 4.69) is 41.8 Å². The van der Waals surface area contributed by atoms with Gasteiger partial charge in [-0.25, -0.2) is 0 Å². The van der Waals surface area contributed by atoms with Crippen LogP contribution in [0.25, 0.3) is 0 Å². The summed E-state index contributed by atoms with van der Waals surface area (Å²) < 4.78 is 1.05. The minimum Gasteiger partial charge on any atom is -0.356 e. The van der Waals surface area contributed by atoms with E-state index < -0.39 is 0 Å². The Kier molecular flexibility index (Phi) is 10.3. The molecule has 0 unspecified atom stereocenters. The SMILES string of the molecule is CN=C(NCCc1ccc(Cl)s1)NCC(C)(C)SC.I. The van der Waals surface area contributed by atoms with E-state index in [0.717, 1.165) is 29.8 Å². The number of thiophene rings is 1. The van der Waals surface area contributed by atoms with Crippen LogP contribution >= 0.6 is 58.7 Å². The Labute approximate surface area is 152 Å². The van der Waals surface area contributed by atoms with Gasteiger partial charge in [-0.15, -0.1) is 35.3 Å². The zero-order chi connectivity index (χ0) is 14.3. The van der Waals surface area contributed by atoms with Gasteiger partial charge in [-0.05, 0) is 38.7 Å². The molecule has 3 nitrogen and oxygen atoms in total. The fraction of sp³-hybridized carbons (Fsp3) is 0.615. The summed E-state index contributed by atoms with van der Waals surface area (Å²) in [5.74, 6) is 0.852.